The summed E-state index contributed by atoms with van der Waals surface area (Å²) < 4.78 is 27.7. The second kappa shape index (κ2) is 12.3. The van der Waals surface area contributed by atoms with Crippen LogP contribution in [0.25, 0.3) is 0 Å². The molecule has 8 heteroatoms. The minimum absolute atomic E-state index is 0.0195. The van der Waals surface area contributed by atoms with Crippen molar-refractivity contribution in [3.63, 3.8) is 0 Å². The molecule has 0 fully saturated rings. The summed E-state index contributed by atoms with van der Waals surface area (Å²) in [6.45, 7) is 7.25. The highest BCUT2D eigenvalue weighted by Crippen LogP contribution is 2.20. The maximum absolute atomic E-state index is 13.3. The fourth-order valence-electron chi connectivity index (χ4n) is 2.83. The number of nitrogens with one attached hydrogen (secondary N) is 1. The Morgan fingerprint density at radius 2 is 1.81 bits per heavy atom. The summed E-state index contributed by atoms with van der Waals surface area (Å²) in [7, 11) is -3.91. The summed E-state index contributed by atoms with van der Waals surface area (Å²) in [5.74, 6) is -0.389. The van der Waals surface area contributed by atoms with Gasteiger partial charge >= 0.3 is 0 Å². The van der Waals surface area contributed by atoms with Gasteiger partial charge in [-0.15, -0.1) is 0 Å². The van der Waals surface area contributed by atoms with Crippen molar-refractivity contribution in [3.05, 3.63) is 95.3 Å². The summed E-state index contributed by atoms with van der Waals surface area (Å²) in [5, 5.41) is 3.18. The van der Waals surface area contributed by atoms with E-state index in [-0.39, 0.29) is 23.9 Å². The Morgan fingerprint density at radius 3 is 2.44 bits per heavy atom. The molecule has 1 aromatic carbocycles. The lowest BCUT2D eigenvalue weighted by Gasteiger charge is -2.22. The lowest BCUT2D eigenvalue weighted by molar-refractivity contribution is -0.121. The van der Waals surface area contributed by atoms with Crippen LogP contribution in [0.2, 0.25) is 0 Å². The minimum Gasteiger partial charge on any atom is -0.355 e. The summed E-state index contributed by atoms with van der Waals surface area (Å²) in [6.07, 6.45) is 8.87. The molecule has 0 saturated heterocycles. The zero-order valence-electron chi connectivity index (χ0n) is 18.3. The topological polar surface area (TPSA) is 79.4 Å². The number of halogens is 1. The van der Waals surface area contributed by atoms with Crippen LogP contribution in [0.4, 0.5) is 0 Å². The van der Waals surface area contributed by atoms with Gasteiger partial charge in [0.2, 0.25) is 15.9 Å². The van der Waals surface area contributed by atoms with E-state index in [9.17, 15) is 13.2 Å². The number of sulfonamides is 1. The first kappa shape index (κ1) is 25.5. The lowest BCUT2D eigenvalue weighted by atomic mass is 10.2. The molecule has 1 heterocycles. The summed E-state index contributed by atoms with van der Waals surface area (Å²) in [4.78, 5) is 16.7. The first-order valence-corrected chi connectivity index (χ1v) is 11.9. The van der Waals surface area contributed by atoms with Gasteiger partial charge in [-0.1, -0.05) is 48.0 Å². The average molecular weight is 474 g/mol. The van der Waals surface area contributed by atoms with Crippen LogP contribution < -0.4 is 5.32 Å². The zero-order valence-corrected chi connectivity index (χ0v) is 19.9. The van der Waals surface area contributed by atoms with Crippen LogP contribution in [0, 0.1) is 6.92 Å². The van der Waals surface area contributed by atoms with Crippen LogP contribution in [-0.2, 0) is 21.2 Å². The monoisotopic (exact) mass is 473 g/mol. The van der Waals surface area contributed by atoms with Gasteiger partial charge in [0, 0.05) is 30.5 Å². The number of aromatic nitrogens is 1. The van der Waals surface area contributed by atoms with Crippen molar-refractivity contribution >= 4 is 27.5 Å². The number of hydrogen-bond donors (Lipinski definition) is 1. The van der Waals surface area contributed by atoms with E-state index in [0.717, 1.165) is 15.4 Å². The fourth-order valence-corrected chi connectivity index (χ4v) is 4.39. The van der Waals surface area contributed by atoms with E-state index < -0.39 is 10.0 Å². The first-order valence-electron chi connectivity index (χ1n) is 10.1. The lowest BCUT2D eigenvalue weighted by Crippen LogP contribution is -2.42. The third kappa shape index (κ3) is 7.75. The van der Waals surface area contributed by atoms with Crippen molar-refractivity contribution < 1.29 is 13.2 Å². The van der Waals surface area contributed by atoms with Gasteiger partial charge in [-0.2, -0.15) is 4.31 Å². The molecular formula is C24H28ClN3O3S. The molecule has 2 aromatic rings. The molecular weight excluding hydrogens is 446 g/mol. The van der Waals surface area contributed by atoms with Gasteiger partial charge in [0.1, 0.15) is 0 Å². The minimum atomic E-state index is -3.91. The summed E-state index contributed by atoms with van der Waals surface area (Å²) in [5.41, 5.74) is 2.59. The molecule has 0 aliphatic carbocycles. The van der Waals surface area contributed by atoms with Crippen molar-refractivity contribution in [1.82, 2.24) is 14.6 Å². The number of carbonyl (C=O) groups is 1. The van der Waals surface area contributed by atoms with E-state index in [4.69, 9.17) is 11.6 Å². The Kier molecular flexibility index (Phi) is 9.84. The van der Waals surface area contributed by atoms with Gasteiger partial charge in [-0.25, -0.2) is 8.42 Å². The van der Waals surface area contributed by atoms with Crippen LogP contribution in [-0.4, -0.2) is 43.2 Å². The summed E-state index contributed by atoms with van der Waals surface area (Å²) >= 11 is 6.28. The molecule has 0 aliphatic heterocycles. The Bertz CT molecular complexity index is 1080. The molecule has 0 bridgehead atoms. The zero-order chi connectivity index (χ0) is 23.6. The van der Waals surface area contributed by atoms with Crippen molar-refractivity contribution in [2.45, 2.75) is 25.2 Å². The Hall–Kier alpha value is -2.74. The average Bonchev–Trinajstić information content (AvgIpc) is 2.78. The number of aryl methyl sites for hydroxylation is 1. The van der Waals surface area contributed by atoms with E-state index in [1.54, 1.807) is 49.7 Å². The number of pyridine rings is 1. The molecule has 0 atom stereocenters. The van der Waals surface area contributed by atoms with E-state index in [0.29, 0.717) is 23.6 Å². The molecule has 1 N–H and O–H groups in total. The molecule has 0 spiro atoms. The molecule has 1 amide bonds. The molecule has 0 unspecified atom stereocenters. The van der Waals surface area contributed by atoms with E-state index >= 15 is 0 Å². The van der Waals surface area contributed by atoms with Gasteiger partial charge in [-0.05, 0) is 61.7 Å². The maximum Gasteiger partial charge on any atom is 0.243 e. The molecule has 0 radical (unpaired) electrons. The van der Waals surface area contributed by atoms with Crippen molar-refractivity contribution in [1.29, 1.82) is 0 Å². The third-order valence-electron chi connectivity index (χ3n) is 4.66. The number of nitrogens with zero attached hydrogens (tertiary/aromatic N) is 2. The van der Waals surface area contributed by atoms with Crippen LogP contribution in [0.5, 0.6) is 0 Å². The largest absolute Gasteiger partial charge is 0.355 e. The molecule has 1 aromatic heterocycles. The number of hydrogen-bond acceptors (Lipinski definition) is 4. The summed E-state index contributed by atoms with van der Waals surface area (Å²) in [6, 6.07) is 10.3. The van der Waals surface area contributed by atoms with Gasteiger partial charge in [-0.3, -0.25) is 9.78 Å². The smallest absolute Gasteiger partial charge is 0.243 e. The quantitative estimate of drug-likeness (QED) is 0.500. The van der Waals surface area contributed by atoms with Crippen LogP contribution in [0.15, 0.2) is 89.1 Å². The standard InChI is InChI=1S/C24H28ClN3O3S/c1-4-5-6-23(25)20(3)17-28(32(30,31)22-9-7-19(2)8-10-22)18-24(29)27-16-13-21-11-14-26-15-12-21/h4-12,14-15H,1,13,16-18H2,2-3H3,(H,27,29)/b6-5-,23-20+. The van der Waals surface area contributed by atoms with Crippen molar-refractivity contribution in [3.8, 4) is 0 Å². The van der Waals surface area contributed by atoms with Crippen LogP contribution in [0.3, 0.4) is 0 Å². The van der Waals surface area contributed by atoms with Gasteiger partial charge in [0.15, 0.2) is 0 Å². The fraction of sp³-hybridized carbons (Fsp3) is 0.250. The Labute approximate surface area is 195 Å². The van der Waals surface area contributed by atoms with Gasteiger partial charge < -0.3 is 5.32 Å². The molecule has 6 nitrogen and oxygen atoms in total. The second-order valence-corrected chi connectivity index (χ2v) is 9.61. The number of carbonyl (C=O) groups excluding carboxylic acids is 1. The molecule has 2 rings (SSSR count). The third-order valence-corrected chi connectivity index (χ3v) is 6.92. The second-order valence-electron chi connectivity index (χ2n) is 7.26. The highest BCUT2D eigenvalue weighted by molar-refractivity contribution is 7.89. The van der Waals surface area contributed by atoms with E-state index in [1.807, 2.05) is 19.1 Å². The Balaban J connectivity index is 2.19. The SMILES string of the molecule is C=C/C=C\C(Cl)=C(\C)CN(CC(=O)NCCc1ccncc1)S(=O)(=O)c1ccc(C)cc1. The van der Waals surface area contributed by atoms with E-state index in [2.05, 4.69) is 16.9 Å². The Morgan fingerprint density at radius 1 is 1.16 bits per heavy atom. The molecule has 32 heavy (non-hydrogen) atoms. The van der Waals surface area contributed by atoms with Crippen molar-refractivity contribution in [2.24, 2.45) is 0 Å². The number of benzene rings is 1. The highest BCUT2D eigenvalue weighted by atomic mass is 35.5. The number of amides is 1. The maximum atomic E-state index is 13.3. The molecule has 0 saturated carbocycles. The van der Waals surface area contributed by atoms with Crippen molar-refractivity contribution in [2.75, 3.05) is 19.6 Å². The molecule has 0 aliphatic rings. The predicted molar refractivity (Wildman–Crippen MR) is 129 cm³/mol. The number of allylic oxidation sites excluding steroid dienone is 4. The molecule has 170 valence electrons. The van der Waals surface area contributed by atoms with Gasteiger partial charge in [0.05, 0.1) is 11.4 Å². The van der Waals surface area contributed by atoms with Gasteiger partial charge in [0.25, 0.3) is 0 Å². The van der Waals surface area contributed by atoms with E-state index in [1.165, 1.54) is 12.1 Å². The predicted octanol–water partition coefficient (Wildman–Crippen LogP) is 3.99. The first-order chi connectivity index (χ1) is 15.2. The number of rotatable bonds is 11. The van der Waals surface area contributed by atoms with Crippen LogP contribution in [0.1, 0.15) is 18.1 Å². The highest BCUT2D eigenvalue weighted by Gasteiger charge is 2.27. The van der Waals surface area contributed by atoms with Crippen LogP contribution >= 0.6 is 11.6 Å². The normalized spacial score (nSPS) is 12.6.